The second kappa shape index (κ2) is 6.72. The number of nitrogens with one attached hydrogen (secondary N) is 1. The van der Waals surface area contributed by atoms with Crippen LogP contribution in [0.25, 0.3) is 0 Å². The minimum absolute atomic E-state index is 0.00409. The third kappa shape index (κ3) is 4.94. The SMILES string of the molecule is CCCC(CNCC)N1CC(C)OC(C)(C)C1. The molecule has 0 saturated carbocycles. The van der Waals surface area contributed by atoms with E-state index in [9.17, 15) is 0 Å². The molecule has 1 aliphatic rings. The van der Waals surface area contributed by atoms with Crippen molar-refractivity contribution in [2.24, 2.45) is 0 Å². The summed E-state index contributed by atoms with van der Waals surface area (Å²) in [6.45, 7) is 15.3. The largest absolute Gasteiger partial charge is 0.370 e. The van der Waals surface area contributed by atoms with Crippen LogP contribution < -0.4 is 5.32 Å². The molecule has 1 N–H and O–H groups in total. The van der Waals surface area contributed by atoms with Gasteiger partial charge in [-0.3, -0.25) is 4.90 Å². The van der Waals surface area contributed by atoms with Crippen LogP contribution in [0.3, 0.4) is 0 Å². The van der Waals surface area contributed by atoms with Crippen LogP contribution in [-0.2, 0) is 4.74 Å². The summed E-state index contributed by atoms with van der Waals surface area (Å²) in [4.78, 5) is 2.61. The lowest BCUT2D eigenvalue weighted by atomic mass is 10.0. The van der Waals surface area contributed by atoms with E-state index in [2.05, 4.69) is 44.8 Å². The first-order valence-corrected chi connectivity index (χ1v) is 7.11. The van der Waals surface area contributed by atoms with Crippen molar-refractivity contribution in [3.05, 3.63) is 0 Å². The van der Waals surface area contributed by atoms with Crippen molar-refractivity contribution in [3.8, 4) is 0 Å². The zero-order valence-corrected chi connectivity index (χ0v) is 12.3. The van der Waals surface area contributed by atoms with Crippen molar-refractivity contribution in [1.29, 1.82) is 0 Å². The molecule has 0 amide bonds. The zero-order chi connectivity index (χ0) is 12.9. The first-order chi connectivity index (χ1) is 7.98. The Kier molecular flexibility index (Phi) is 5.90. The van der Waals surface area contributed by atoms with Crippen molar-refractivity contribution >= 4 is 0 Å². The number of hydrogen-bond donors (Lipinski definition) is 1. The first-order valence-electron chi connectivity index (χ1n) is 7.11. The molecule has 17 heavy (non-hydrogen) atoms. The van der Waals surface area contributed by atoms with Crippen molar-refractivity contribution < 1.29 is 4.74 Å². The van der Waals surface area contributed by atoms with Gasteiger partial charge in [0.05, 0.1) is 11.7 Å². The van der Waals surface area contributed by atoms with E-state index in [0.29, 0.717) is 12.1 Å². The molecule has 2 unspecified atom stereocenters. The standard InChI is InChI=1S/C14H30N2O/c1-6-8-13(9-15-7-2)16-10-12(3)17-14(4,5)11-16/h12-13,15H,6-11H2,1-5H3. The van der Waals surface area contributed by atoms with E-state index in [1.807, 2.05) is 0 Å². The molecule has 1 rings (SSSR count). The number of ether oxygens (including phenoxy) is 1. The summed E-state index contributed by atoms with van der Waals surface area (Å²) in [6, 6.07) is 0.658. The minimum Gasteiger partial charge on any atom is -0.370 e. The third-order valence-corrected chi connectivity index (χ3v) is 3.36. The van der Waals surface area contributed by atoms with Crippen LogP contribution in [0.5, 0.6) is 0 Å². The molecule has 2 atom stereocenters. The Hall–Kier alpha value is -0.120. The second-order valence-corrected chi connectivity index (χ2v) is 5.87. The molecule has 0 aromatic heterocycles. The Morgan fingerprint density at radius 2 is 2.12 bits per heavy atom. The Bertz CT molecular complexity index is 218. The van der Waals surface area contributed by atoms with Crippen LogP contribution >= 0.6 is 0 Å². The van der Waals surface area contributed by atoms with Gasteiger partial charge < -0.3 is 10.1 Å². The summed E-state index contributed by atoms with van der Waals surface area (Å²) >= 11 is 0. The topological polar surface area (TPSA) is 24.5 Å². The summed E-state index contributed by atoms with van der Waals surface area (Å²) in [6.07, 6.45) is 2.87. The molecule has 0 aromatic carbocycles. The fourth-order valence-corrected chi connectivity index (χ4v) is 2.84. The summed E-state index contributed by atoms with van der Waals surface area (Å²) in [5.41, 5.74) is -0.00409. The van der Waals surface area contributed by atoms with Crippen molar-refractivity contribution in [1.82, 2.24) is 10.2 Å². The lowest BCUT2D eigenvalue weighted by Crippen LogP contribution is -2.57. The number of nitrogens with zero attached hydrogens (tertiary/aromatic N) is 1. The van der Waals surface area contributed by atoms with Gasteiger partial charge in [-0.25, -0.2) is 0 Å². The first kappa shape index (κ1) is 14.9. The van der Waals surface area contributed by atoms with Gasteiger partial charge in [-0.05, 0) is 33.7 Å². The fraction of sp³-hybridized carbons (Fsp3) is 1.00. The van der Waals surface area contributed by atoms with Gasteiger partial charge in [-0.2, -0.15) is 0 Å². The maximum Gasteiger partial charge on any atom is 0.0757 e. The molecule has 0 radical (unpaired) electrons. The highest BCUT2D eigenvalue weighted by molar-refractivity contribution is 4.87. The Morgan fingerprint density at radius 3 is 2.65 bits per heavy atom. The van der Waals surface area contributed by atoms with Crippen LogP contribution in [0.1, 0.15) is 47.5 Å². The zero-order valence-electron chi connectivity index (χ0n) is 12.3. The quantitative estimate of drug-likeness (QED) is 0.773. The van der Waals surface area contributed by atoms with Gasteiger partial charge in [-0.1, -0.05) is 20.3 Å². The number of morpholine rings is 1. The van der Waals surface area contributed by atoms with E-state index in [1.165, 1.54) is 12.8 Å². The highest BCUT2D eigenvalue weighted by Crippen LogP contribution is 2.23. The Labute approximate surface area is 107 Å². The van der Waals surface area contributed by atoms with Gasteiger partial charge in [0.15, 0.2) is 0 Å². The molecule has 1 fully saturated rings. The predicted molar refractivity (Wildman–Crippen MR) is 73.4 cm³/mol. The van der Waals surface area contributed by atoms with Crippen LogP contribution in [0.15, 0.2) is 0 Å². The molecule has 1 heterocycles. The molecule has 0 bridgehead atoms. The fourth-order valence-electron chi connectivity index (χ4n) is 2.84. The van der Waals surface area contributed by atoms with Crippen LogP contribution in [-0.4, -0.2) is 48.8 Å². The normalized spacial score (nSPS) is 27.0. The van der Waals surface area contributed by atoms with Gasteiger partial charge in [0.25, 0.3) is 0 Å². The summed E-state index contributed by atoms with van der Waals surface area (Å²) < 4.78 is 5.97. The highest BCUT2D eigenvalue weighted by atomic mass is 16.5. The van der Waals surface area contributed by atoms with E-state index >= 15 is 0 Å². The molecule has 3 nitrogen and oxygen atoms in total. The lowest BCUT2D eigenvalue weighted by Gasteiger charge is -2.45. The monoisotopic (exact) mass is 242 g/mol. The van der Waals surface area contributed by atoms with Crippen molar-refractivity contribution in [2.45, 2.75) is 65.2 Å². The van der Waals surface area contributed by atoms with Gasteiger partial charge >= 0.3 is 0 Å². The second-order valence-electron chi connectivity index (χ2n) is 5.87. The number of likely N-dealkylation sites (N-methyl/N-ethyl adjacent to an activating group) is 1. The smallest absolute Gasteiger partial charge is 0.0757 e. The molecule has 0 aliphatic carbocycles. The Morgan fingerprint density at radius 1 is 1.41 bits per heavy atom. The lowest BCUT2D eigenvalue weighted by molar-refractivity contribution is -0.138. The maximum atomic E-state index is 5.97. The predicted octanol–water partition coefficient (Wildman–Crippen LogP) is 2.26. The number of rotatable bonds is 6. The average Bonchev–Trinajstić information content (AvgIpc) is 2.21. The van der Waals surface area contributed by atoms with Crippen molar-refractivity contribution in [3.63, 3.8) is 0 Å². The molecule has 1 aliphatic heterocycles. The Balaban J connectivity index is 2.58. The highest BCUT2D eigenvalue weighted by Gasteiger charge is 2.34. The van der Waals surface area contributed by atoms with Gasteiger partial charge in [0.2, 0.25) is 0 Å². The molecule has 0 aromatic rings. The van der Waals surface area contributed by atoms with E-state index in [0.717, 1.165) is 26.2 Å². The van der Waals surface area contributed by atoms with Gasteiger partial charge in [0, 0.05) is 25.7 Å². The van der Waals surface area contributed by atoms with E-state index in [-0.39, 0.29) is 5.60 Å². The molecule has 1 saturated heterocycles. The molecular weight excluding hydrogens is 212 g/mol. The maximum absolute atomic E-state index is 5.97. The summed E-state index contributed by atoms with van der Waals surface area (Å²) in [7, 11) is 0. The molecule has 0 spiro atoms. The van der Waals surface area contributed by atoms with E-state index in [4.69, 9.17) is 4.74 Å². The van der Waals surface area contributed by atoms with Crippen LogP contribution in [0.2, 0.25) is 0 Å². The van der Waals surface area contributed by atoms with Gasteiger partial charge in [-0.15, -0.1) is 0 Å². The average molecular weight is 242 g/mol. The van der Waals surface area contributed by atoms with E-state index in [1.54, 1.807) is 0 Å². The van der Waals surface area contributed by atoms with E-state index < -0.39 is 0 Å². The molecular formula is C14H30N2O. The van der Waals surface area contributed by atoms with Crippen LogP contribution in [0.4, 0.5) is 0 Å². The van der Waals surface area contributed by atoms with Gasteiger partial charge in [0.1, 0.15) is 0 Å². The minimum atomic E-state index is -0.00409. The molecule has 3 heteroatoms. The summed E-state index contributed by atoms with van der Waals surface area (Å²) in [5, 5.41) is 3.49. The third-order valence-electron chi connectivity index (χ3n) is 3.36. The number of hydrogen-bond acceptors (Lipinski definition) is 3. The van der Waals surface area contributed by atoms with Crippen LogP contribution in [0, 0.1) is 0 Å². The molecule has 102 valence electrons. The summed E-state index contributed by atoms with van der Waals surface area (Å²) in [5.74, 6) is 0. The van der Waals surface area contributed by atoms with Crippen molar-refractivity contribution in [2.75, 3.05) is 26.2 Å².